The third-order valence-electron chi connectivity index (χ3n) is 5.43. The van der Waals surface area contributed by atoms with Gasteiger partial charge in [0.1, 0.15) is 5.82 Å². The van der Waals surface area contributed by atoms with Gasteiger partial charge in [0, 0.05) is 31.1 Å². The first kappa shape index (κ1) is 23.0. The summed E-state index contributed by atoms with van der Waals surface area (Å²) < 4.78 is 7.30. The fourth-order valence-corrected chi connectivity index (χ4v) is 4.61. The zero-order valence-electron chi connectivity index (χ0n) is 18.3. The van der Waals surface area contributed by atoms with Crippen molar-refractivity contribution in [3.05, 3.63) is 54.4 Å². The van der Waals surface area contributed by atoms with E-state index in [0.29, 0.717) is 6.54 Å². The lowest BCUT2D eigenvalue weighted by Gasteiger charge is -2.26. The molecule has 2 aromatic heterocycles. The predicted octanol–water partition coefficient (Wildman–Crippen LogP) is 4.57. The van der Waals surface area contributed by atoms with Gasteiger partial charge in [0.25, 0.3) is 0 Å². The monoisotopic (exact) mass is 472 g/mol. The zero-order chi connectivity index (χ0) is 22.3. The standard InChI is InChI=1S/C23H29ClN6OS/c1-3-17(2)26-21-19-15-25-30(16-20(24)18-7-5-4-6-8-18)22(19)28-23(27-21)32-14-11-29-9-12-31-13-10-29/h4-8,15,20H,2-3,9-14,16H2,1H3,(H,26,27,28). The lowest BCUT2D eigenvalue weighted by molar-refractivity contribution is 0.0410. The minimum atomic E-state index is -0.200. The van der Waals surface area contributed by atoms with Crippen LogP contribution in [0.15, 0.2) is 54.0 Å². The largest absolute Gasteiger partial charge is 0.379 e. The summed E-state index contributed by atoms with van der Waals surface area (Å²) in [5.74, 6) is 1.66. The van der Waals surface area contributed by atoms with Crippen LogP contribution in [0.3, 0.4) is 0 Å². The number of morpholine rings is 1. The maximum absolute atomic E-state index is 6.70. The number of nitrogens with zero attached hydrogens (tertiary/aromatic N) is 5. The smallest absolute Gasteiger partial charge is 0.191 e. The number of nitrogens with one attached hydrogen (secondary N) is 1. The van der Waals surface area contributed by atoms with Crippen molar-refractivity contribution < 1.29 is 4.74 Å². The van der Waals surface area contributed by atoms with Crippen molar-refractivity contribution in [2.75, 3.05) is 43.9 Å². The molecule has 170 valence electrons. The second-order valence-corrected chi connectivity index (χ2v) is 9.27. The minimum absolute atomic E-state index is 0.200. The Balaban J connectivity index is 1.55. The second kappa shape index (κ2) is 11.1. The Bertz CT molecular complexity index is 1040. The summed E-state index contributed by atoms with van der Waals surface area (Å²) in [7, 11) is 0. The van der Waals surface area contributed by atoms with E-state index in [0.717, 1.165) is 78.3 Å². The second-order valence-electron chi connectivity index (χ2n) is 7.68. The van der Waals surface area contributed by atoms with Crippen LogP contribution in [0.1, 0.15) is 24.3 Å². The summed E-state index contributed by atoms with van der Waals surface area (Å²) >= 11 is 8.36. The molecule has 32 heavy (non-hydrogen) atoms. The summed E-state index contributed by atoms with van der Waals surface area (Å²) in [5, 5.41) is 9.31. The molecule has 1 aliphatic heterocycles. The van der Waals surface area contributed by atoms with E-state index in [2.05, 4.69) is 28.8 Å². The summed E-state index contributed by atoms with van der Waals surface area (Å²) in [6.45, 7) is 11.2. The first-order valence-corrected chi connectivity index (χ1v) is 12.4. The maximum atomic E-state index is 6.70. The highest BCUT2D eigenvalue weighted by atomic mass is 35.5. The number of benzene rings is 1. The molecule has 3 aromatic rings. The molecular formula is C23H29ClN6OS. The molecule has 0 aliphatic carbocycles. The topological polar surface area (TPSA) is 68.1 Å². The maximum Gasteiger partial charge on any atom is 0.191 e. The van der Waals surface area contributed by atoms with E-state index < -0.39 is 0 Å². The van der Waals surface area contributed by atoms with Crippen molar-refractivity contribution in [3.8, 4) is 0 Å². The molecule has 4 rings (SSSR count). The molecular weight excluding hydrogens is 444 g/mol. The summed E-state index contributed by atoms with van der Waals surface area (Å²) in [5.41, 5.74) is 2.74. The molecule has 0 radical (unpaired) electrons. The van der Waals surface area contributed by atoms with E-state index in [9.17, 15) is 0 Å². The first-order chi connectivity index (χ1) is 15.6. The Labute approximate surface area is 198 Å². The van der Waals surface area contributed by atoms with Crippen LogP contribution < -0.4 is 5.32 Å². The van der Waals surface area contributed by atoms with Crippen LogP contribution in [0.2, 0.25) is 0 Å². The van der Waals surface area contributed by atoms with Gasteiger partial charge < -0.3 is 10.1 Å². The van der Waals surface area contributed by atoms with Gasteiger partial charge in [-0.15, -0.1) is 11.6 Å². The number of allylic oxidation sites excluding steroid dienone is 1. The first-order valence-electron chi connectivity index (χ1n) is 10.9. The van der Waals surface area contributed by atoms with Gasteiger partial charge in [-0.05, 0) is 12.0 Å². The Kier molecular flexibility index (Phi) is 8.02. The van der Waals surface area contributed by atoms with Crippen LogP contribution >= 0.6 is 23.4 Å². The summed E-state index contributed by atoms with van der Waals surface area (Å²) in [4.78, 5) is 12.0. The molecule has 1 atom stereocenters. The van der Waals surface area contributed by atoms with Crippen molar-refractivity contribution in [1.29, 1.82) is 0 Å². The Morgan fingerprint density at radius 3 is 2.78 bits per heavy atom. The molecule has 3 heterocycles. The molecule has 0 saturated carbocycles. The number of fused-ring (bicyclic) bond motifs is 1. The van der Waals surface area contributed by atoms with Crippen LogP contribution in [0.4, 0.5) is 5.82 Å². The van der Waals surface area contributed by atoms with Crippen LogP contribution in [0.25, 0.3) is 11.0 Å². The average Bonchev–Trinajstić information content (AvgIpc) is 3.23. The number of anilines is 1. The number of thioether (sulfide) groups is 1. The van der Waals surface area contributed by atoms with Gasteiger partial charge >= 0.3 is 0 Å². The normalized spacial score (nSPS) is 15.7. The fraction of sp³-hybridized carbons (Fsp3) is 0.435. The summed E-state index contributed by atoms with van der Waals surface area (Å²) in [6, 6.07) is 10.0. The minimum Gasteiger partial charge on any atom is -0.379 e. The van der Waals surface area contributed by atoms with E-state index in [4.69, 9.17) is 26.3 Å². The highest BCUT2D eigenvalue weighted by Crippen LogP contribution is 2.28. The molecule has 9 heteroatoms. The van der Waals surface area contributed by atoms with E-state index in [1.807, 2.05) is 35.0 Å². The van der Waals surface area contributed by atoms with E-state index in [1.54, 1.807) is 18.0 Å². The molecule has 1 saturated heterocycles. The lowest BCUT2D eigenvalue weighted by Crippen LogP contribution is -2.37. The van der Waals surface area contributed by atoms with E-state index in [1.165, 1.54) is 0 Å². The number of rotatable bonds is 10. The molecule has 1 aromatic carbocycles. The fourth-order valence-electron chi connectivity index (χ4n) is 3.49. The molecule has 1 N–H and O–H groups in total. The quantitative estimate of drug-likeness (QED) is 0.263. The molecule has 0 bridgehead atoms. The van der Waals surface area contributed by atoms with Gasteiger partial charge in [0.05, 0.1) is 36.7 Å². The van der Waals surface area contributed by atoms with Gasteiger partial charge in [0.2, 0.25) is 0 Å². The third-order valence-corrected chi connectivity index (χ3v) is 6.65. The number of hydrogen-bond donors (Lipinski definition) is 1. The van der Waals surface area contributed by atoms with Crippen LogP contribution in [0.5, 0.6) is 0 Å². The number of halogens is 1. The zero-order valence-corrected chi connectivity index (χ0v) is 19.9. The highest BCUT2D eigenvalue weighted by molar-refractivity contribution is 7.99. The van der Waals surface area contributed by atoms with Gasteiger partial charge in [0.15, 0.2) is 10.8 Å². The van der Waals surface area contributed by atoms with E-state index >= 15 is 0 Å². The highest BCUT2D eigenvalue weighted by Gasteiger charge is 2.17. The number of aromatic nitrogens is 4. The Morgan fingerprint density at radius 2 is 2.03 bits per heavy atom. The summed E-state index contributed by atoms with van der Waals surface area (Å²) in [6.07, 6.45) is 2.62. The van der Waals surface area contributed by atoms with Crippen LogP contribution in [0, 0.1) is 0 Å². The number of alkyl halides is 1. The Hall–Kier alpha value is -2.13. The van der Waals surface area contributed by atoms with Gasteiger partial charge in [-0.25, -0.2) is 14.6 Å². The van der Waals surface area contributed by atoms with Crippen LogP contribution in [-0.4, -0.2) is 63.2 Å². The molecule has 7 nitrogen and oxygen atoms in total. The van der Waals surface area contributed by atoms with Crippen molar-refractivity contribution >= 4 is 40.2 Å². The van der Waals surface area contributed by atoms with Gasteiger partial charge in [-0.1, -0.05) is 55.6 Å². The molecule has 1 fully saturated rings. The number of hydrogen-bond acceptors (Lipinski definition) is 7. The molecule has 1 unspecified atom stereocenters. The van der Waals surface area contributed by atoms with Crippen molar-refractivity contribution in [3.63, 3.8) is 0 Å². The third kappa shape index (κ3) is 5.81. The molecule has 0 spiro atoms. The lowest BCUT2D eigenvalue weighted by atomic mass is 10.1. The number of ether oxygens (including phenoxy) is 1. The van der Waals surface area contributed by atoms with E-state index in [-0.39, 0.29) is 5.38 Å². The Morgan fingerprint density at radius 1 is 1.25 bits per heavy atom. The molecule has 1 aliphatic rings. The van der Waals surface area contributed by atoms with Crippen molar-refractivity contribution in [1.82, 2.24) is 24.6 Å². The van der Waals surface area contributed by atoms with Gasteiger partial charge in [-0.3, -0.25) is 4.90 Å². The van der Waals surface area contributed by atoms with Gasteiger partial charge in [-0.2, -0.15) is 5.10 Å². The van der Waals surface area contributed by atoms with Crippen molar-refractivity contribution in [2.45, 2.75) is 30.4 Å². The molecule has 0 amide bonds. The predicted molar refractivity (Wildman–Crippen MR) is 131 cm³/mol. The SMILES string of the molecule is C=C(CC)Nc1nc(SCCN2CCOCC2)nc2c1cnn2CC(Cl)c1ccccc1. The average molecular weight is 473 g/mol. The van der Waals surface area contributed by atoms with Crippen LogP contribution in [-0.2, 0) is 11.3 Å². The van der Waals surface area contributed by atoms with Crippen molar-refractivity contribution in [2.24, 2.45) is 0 Å².